The minimum atomic E-state index is 0. The van der Waals surface area contributed by atoms with Crippen LogP contribution in [-0.2, 0) is 10.2 Å². The fraction of sp³-hybridized carbons (Fsp3) is 0.484. The summed E-state index contributed by atoms with van der Waals surface area (Å²) in [5.41, 5.74) is 6.50. The van der Waals surface area contributed by atoms with Crippen LogP contribution >= 0.6 is 11.3 Å². The SMILES string of the molecule is C.C=C=c1nc(N2CCOCC2)s/c1=C\c1ccc(-c2ccnc(C34CCC(CC(CC)C3)C4)n2)cc1. The standard InChI is InChI=1S/C30H34N4OS.CH4/c1-3-21-17-23-9-11-30(19-21,20-23)28-31-12-10-26(32-28)24-7-5-22(6-8-24)18-27-25(4-2)33-29(36-27)34-13-15-35-16-14-34;/h5-8,10,12,18,21,23H,2-3,9,11,13-17,19-20H2,1H3;1H4/b27-18-;. The van der Waals surface area contributed by atoms with E-state index in [-0.39, 0.29) is 12.8 Å². The number of nitrogens with zero attached hydrogens (tertiary/aromatic N) is 4. The van der Waals surface area contributed by atoms with E-state index in [9.17, 15) is 0 Å². The molecule has 3 unspecified atom stereocenters. The molecule has 0 radical (unpaired) electrons. The van der Waals surface area contributed by atoms with Gasteiger partial charge in [-0.05, 0) is 61.6 Å². The van der Waals surface area contributed by atoms with E-state index in [1.807, 2.05) is 12.3 Å². The Bertz CT molecular complexity index is 1370. The van der Waals surface area contributed by atoms with E-state index in [4.69, 9.17) is 19.7 Å². The van der Waals surface area contributed by atoms with Gasteiger partial charge in [0.15, 0.2) is 5.13 Å². The Labute approximate surface area is 224 Å². The molecular formula is C31H38N4OS. The zero-order chi connectivity index (χ0) is 24.5. The van der Waals surface area contributed by atoms with Crippen LogP contribution in [0, 0.1) is 11.8 Å². The van der Waals surface area contributed by atoms with Gasteiger partial charge in [-0.25, -0.2) is 15.0 Å². The largest absolute Gasteiger partial charge is 0.378 e. The smallest absolute Gasteiger partial charge is 0.187 e. The summed E-state index contributed by atoms with van der Waals surface area (Å²) >= 11 is 1.69. The van der Waals surface area contributed by atoms with E-state index in [2.05, 4.69) is 54.5 Å². The van der Waals surface area contributed by atoms with Gasteiger partial charge in [0.05, 0.1) is 23.4 Å². The van der Waals surface area contributed by atoms with Crippen LogP contribution < -0.4 is 14.8 Å². The van der Waals surface area contributed by atoms with Crippen molar-refractivity contribution in [2.75, 3.05) is 31.2 Å². The molecule has 6 rings (SSSR count). The molecule has 3 aromatic rings. The first-order valence-electron chi connectivity index (χ1n) is 13.3. The molecule has 6 heteroatoms. The van der Waals surface area contributed by atoms with Crippen LogP contribution in [0.3, 0.4) is 0 Å². The van der Waals surface area contributed by atoms with Gasteiger partial charge in [-0.2, -0.15) is 0 Å². The van der Waals surface area contributed by atoms with Crippen molar-refractivity contribution in [1.29, 1.82) is 0 Å². The van der Waals surface area contributed by atoms with Gasteiger partial charge in [-0.15, -0.1) is 0 Å². The molecule has 0 amide bonds. The summed E-state index contributed by atoms with van der Waals surface area (Å²) in [6.07, 6.45) is 11.9. The van der Waals surface area contributed by atoms with E-state index in [0.717, 1.165) is 75.8 Å². The van der Waals surface area contributed by atoms with Crippen LogP contribution in [0.5, 0.6) is 0 Å². The highest BCUT2D eigenvalue weighted by Gasteiger charge is 2.48. The first kappa shape index (κ1) is 25.8. The van der Waals surface area contributed by atoms with Crippen molar-refractivity contribution < 1.29 is 4.74 Å². The number of rotatable bonds is 5. The van der Waals surface area contributed by atoms with Crippen molar-refractivity contribution >= 4 is 28.3 Å². The van der Waals surface area contributed by atoms with E-state index in [1.165, 1.54) is 38.5 Å². The van der Waals surface area contributed by atoms with Gasteiger partial charge in [0.2, 0.25) is 0 Å². The van der Waals surface area contributed by atoms with Gasteiger partial charge in [0.1, 0.15) is 11.2 Å². The third kappa shape index (κ3) is 5.16. The van der Waals surface area contributed by atoms with Gasteiger partial charge in [-0.3, -0.25) is 0 Å². The van der Waals surface area contributed by atoms with E-state index in [0.29, 0.717) is 0 Å². The van der Waals surface area contributed by atoms with Crippen molar-refractivity contribution in [2.24, 2.45) is 11.8 Å². The molecule has 0 spiro atoms. The highest BCUT2D eigenvalue weighted by Crippen LogP contribution is 2.54. The maximum atomic E-state index is 5.48. The highest BCUT2D eigenvalue weighted by molar-refractivity contribution is 7.13. The highest BCUT2D eigenvalue weighted by atomic mass is 32.1. The second-order valence-electron chi connectivity index (χ2n) is 10.6. The van der Waals surface area contributed by atoms with Crippen molar-refractivity contribution in [1.82, 2.24) is 15.0 Å². The van der Waals surface area contributed by atoms with Crippen LogP contribution in [-0.4, -0.2) is 41.3 Å². The molecule has 1 saturated heterocycles. The van der Waals surface area contributed by atoms with Crippen LogP contribution in [0.2, 0.25) is 0 Å². The van der Waals surface area contributed by atoms with E-state index < -0.39 is 0 Å². The summed E-state index contributed by atoms with van der Waals surface area (Å²) in [4.78, 5) is 17.0. The lowest BCUT2D eigenvalue weighted by Gasteiger charge is -2.36. The van der Waals surface area contributed by atoms with Gasteiger partial charge in [-0.1, -0.05) is 68.7 Å². The lowest BCUT2D eigenvalue weighted by Crippen LogP contribution is -2.36. The molecule has 0 N–H and O–H groups in total. The molecular weight excluding hydrogens is 476 g/mol. The quantitative estimate of drug-likeness (QED) is 0.461. The maximum absolute atomic E-state index is 5.48. The Morgan fingerprint density at radius 3 is 2.73 bits per heavy atom. The van der Waals surface area contributed by atoms with Crippen LogP contribution in [0.15, 0.2) is 43.1 Å². The minimum absolute atomic E-state index is 0. The molecule has 2 saturated carbocycles. The minimum Gasteiger partial charge on any atom is -0.378 e. The zero-order valence-corrected chi connectivity index (χ0v) is 21.9. The third-order valence-electron chi connectivity index (χ3n) is 8.36. The first-order valence-corrected chi connectivity index (χ1v) is 14.1. The number of morpholine rings is 1. The summed E-state index contributed by atoms with van der Waals surface area (Å²) in [7, 11) is 0. The Morgan fingerprint density at radius 2 is 1.97 bits per heavy atom. The average Bonchev–Trinajstić information content (AvgIpc) is 3.49. The molecule has 37 heavy (non-hydrogen) atoms. The summed E-state index contributed by atoms with van der Waals surface area (Å²) in [5.74, 6) is 2.75. The summed E-state index contributed by atoms with van der Waals surface area (Å²) in [5, 5.41) is 1.83. The molecule has 3 aliphatic rings. The molecule has 3 atom stereocenters. The molecule has 1 aromatic carbocycles. The normalized spacial score (nSPS) is 25.5. The van der Waals surface area contributed by atoms with Crippen LogP contribution in [0.4, 0.5) is 5.13 Å². The maximum Gasteiger partial charge on any atom is 0.187 e. The number of ether oxygens (including phenoxy) is 1. The van der Waals surface area contributed by atoms with Crippen molar-refractivity contribution in [3.8, 4) is 11.3 Å². The van der Waals surface area contributed by atoms with Crippen LogP contribution in [0.1, 0.15) is 64.3 Å². The Balaban J connectivity index is 0.00000280. The number of hydrogen-bond acceptors (Lipinski definition) is 6. The number of anilines is 1. The van der Waals surface area contributed by atoms with E-state index in [1.54, 1.807) is 11.3 Å². The first-order chi connectivity index (χ1) is 17.7. The second kappa shape index (κ2) is 10.9. The topological polar surface area (TPSA) is 51.1 Å². The molecule has 3 fully saturated rings. The molecule has 5 nitrogen and oxygen atoms in total. The van der Waals surface area contributed by atoms with E-state index >= 15 is 0 Å². The number of benzene rings is 1. The predicted molar refractivity (Wildman–Crippen MR) is 153 cm³/mol. The lowest BCUT2D eigenvalue weighted by atomic mass is 9.69. The molecule has 2 aliphatic carbocycles. The van der Waals surface area contributed by atoms with Crippen molar-refractivity contribution in [2.45, 2.75) is 58.3 Å². The average molecular weight is 515 g/mol. The number of hydrogen-bond donors (Lipinski definition) is 0. The number of aromatic nitrogens is 3. The molecule has 2 bridgehead atoms. The summed E-state index contributed by atoms with van der Waals surface area (Å²) in [6, 6.07) is 10.7. The van der Waals surface area contributed by atoms with Crippen LogP contribution in [0.25, 0.3) is 23.1 Å². The Kier molecular flexibility index (Phi) is 7.62. The molecule has 3 heterocycles. The zero-order valence-electron chi connectivity index (χ0n) is 21.1. The summed E-state index contributed by atoms with van der Waals surface area (Å²) < 4.78 is 6.57. The third-order valence-corrected chi connectivity index (χ3v) is 9.42. The molecule has 1 aliphatic heterocycles. The van der Waals surface area contributed by atoms with Crippen molar-refractivity contribution in [3.05, 3.63) is 64.4 Å². The monoisotopic (exact) mass is 514 g/mol. The Hall–Kier alpha value is -2.79. The van der Waals surface area contributed by atoms with Gasteiger partial charge in [0, 0.05) is 30.3 Å². The molecule has 2 aromatic heterocycles. The number of thiazole rings is 1. The lowest BCUT2D eigenvalue weighted by molar-refractivity contribution is 0.122. The van der Waals surface area contributed by atoms with Gasteiger partial charge in [0.25, 0.3) is 0 Å². The number of fused-ring (bicyclic) bond motifs is 2. The summed E-state index contributed by atoms with van der Waals surface area (Å²) in [6.45, 7) is 9.45. The fourth-order valence-electron chi connectivity index (χ4n) is 6.45. The van der Waals surface area contributed by atoms with Gasteiger partial charge >= 0.3 is 0 Å². The fourth-order valence-corrected chi connectivity index (χ4v) is 7.50. The van der Waals surface area contributed by atoms with Gasteiger partial charge < -0.3 is 9.64 Å². The molecule has 194 valence electrons. The Morgan fingerprint density at radius 1 is 1.16 bits per heavy atom. The predicted octanol–water partition coefficient (Wildman–Crippen LogP) is 5.32. The second-order valence-corrected chi connectivity index (χ2v) is 11.6. The van der Waals surface area contributed by atoms with Crippen molar-refractivity contribution in [3.63, 3.8) is 0 Å².